The van der Waals surface area contributed by atoms with Crippen LogP contribution in [0.5, 0.6) is 0 Å². The first-order valence-corrected chi connectivity index (χ1v) is 9.85. The SMILES string of the molecule is CCCC(=O)Nc1nc2n(n1)[C@@H](c1ccc(Cl)cc1)C[C@H](c1ccccc1)N2. The standard InChI is InChI=1S/C21H22ClN5O/c1-2-6-19(28)24-20-25-21-23-17(14-7-4-3-5-8-14)13-18(27(21)26-20)15-9-11-16(22)12-10-15/h3-5,7-12,17-18H,2,6,13H2,1H3,(H2,23,24,25,26,28)/t17-,18-/m1/s1. The normalized spacial score (nSPS) is 18.2. The summed E-state index contributed by atoms with van der Waals surface area (Å²) in [5.41, 5.74) is 2.29. The van der Waals surface area contributed by atoms with Gasteiger partial charge in [-0.2, -0.15) is 4.98 Å². The molecule has 0 unspecified atom stereocenters. The van der Waals surface area contributed by atoms with Gasteiger partial charge in [-0.15, -0.1) is 5.10 Å². The van der Waals surface area contributed by atoms with E-state index in [2.05, 4.69) is 32.8 Å². The number of amides is 1. The van der Waals surface area contributed by atoms with Crippen LogP contribution in [0.15, 0.2) is 54.6 Å². The summed E-state index contributed by atoms with van der Waals surface area (Å²) in [6, 6.07) is 18.2. The summed E-state index contributed by atoms with van der Waals surface area (Å²) in [5, 5.41) is 11.5. The zero-order valence-corrected chi connectivity index (χ0v) is 16.4. The first-order chi connectivity index (χ1) is 13.6. The second-order valence-corrected chi connectivity index (χ2v) is 7.35. The number of hydrogen-bond acceptors (Lipinski definition) is 4. The van der Waals surface area contributed by atoms with Gasteiger partial charge in [-0.25, -0.2) is 4.68 Å². The van der Waals surface area contributed by atoms with Gasteiger partial charge in [0, 0.05) is 11.4 Å². The Morgan fingerprint density at radius 1 is 1.18 bits per heavy atom. The van der Waals surface area contributed by atoms with E-state index in [1.165, 1.54) is 5.56 Å². The van der Waals surface area contributed by atoms with Crippen LogP contribution in [-0.4, -0.2) is 20.7 Å². The van der Waals surface area contributed by atoms with Gasteiger partial charge < -0.3 is 5.32 Å². The number of nitrogens with one attached hydrogen (secondary N) is 2. The number of carbonyl (C=O) groups is 1. The van der Waals surface area contributed by atoms with E-state index >= 15 is 0 Å². The number of carbonyl (C=O) groups excluding carboxylic acids is 1. The Kier molecular flexibility index (Phi) is 5.30. The van der Waals surface area contributed by atoms with Crippen molar-refractivity contribution >= 4 is 29.4 Å². The highest BCUT2D eigenvalue weighted by molar-refractivity contribution is 6.30. The Morgan fingerprint density at radius 3 is 2.64 bits per heavy atom. The van der Waals surface area contributed by atoms with Gasteiger partial charge >= 0.3 is 0 Å². The predicted octanol–water partition coefficient (Wildman–Crippen LogP) is 4.82. The summed E-state index contributed by atoms with van der Waals surface area (Å²) in [5.74, 6) is 0.897. The predicted molar refractivity (Wildman–Crippen MR) is 111 cm³/mol. The first-order valence-electron chi connectivity index (χ1n) is 9.47. The highest BCUT2D eigenvalue weighted by atomic mass is 35.5. The van der Waals surface area contributed by atoms with Crippen LogP contribution in [0.1, 0.15) is 49.4 Å². The fourth-order valence-electron chi connectivity index (χ4n) is 3.51. The van der Waals surface area contributed by atoms with Crippen LogP contribution in [-0.2, 0) is 4.79 Å². The quantitative estimate of drug-likeness (QED) is 0.649. The highest BCUT2D eigenvalue weighted by Crippen LogP contribution is 2.38. The third-order valence-corrected chi connectivity index (χ3v) is 5.13. The summed E-state index contributed by atoms with van der Waals surface area (Å²) in [4.78, 5) is 16.5. The van der Waals surface area contributed by atoms with Crippen LogP contribution >= 0.6 is 11.6 Å². The molecule has 0 aliphatic carbocycles. The molecule has 0 bridgehead atoms. The smallest absolute Gasteiger partial charge is 0.250 e. The fourth-order valence-corrected chi connectivity index (χ4v) is 3.64. The molecule has 0 radical (unpaired) electrons. The maximum Gasteiger partial charge on any atom is 0.250 e. The van der Waals surface area contributed by atoms with Gasteiger partial charge in [-0.05, 0) is 36.1 Å². The molecule has 1 aliphatic rings. The third kappa shape index (κ3) is 3.87. The topological polar surface area (TPSA) is 71.8 Å². The van der Waals surface area contributed by atoms with E-state index in [9.17, 15) is 4.79 Å². The molecule has 7 heteroatoms. The van der Waals surface area contributed by atoms with Gasteiger partial charge in [-0.1, -0.05) is 61.0 Å². The molecule has 2 aromatic carbocycles. The number of aromatic nitrogens is 3. The summed E-state index contributed by atoms with van der Waals surface area (Å²) in [6.45, 7) is 1.97. The zero-order valence-electron chi connectivity index (χ0n) is 15.6. The summed E-state index contributed by atoms with van der Waals surface area (Å²) < 4.78 is 1.85. The molecule has 28 heavy (non-hydrogen) atoms. The number of rotatable bonds is 5. The third-order valence-electron chi connectivity index (χ3n) is 4.87. The summed E-state index contributed by atoms with van der Waals surface area (Å²) in [6.07, 6.45) is 2.04. The van der Waals surface area contributed by atoms with Crippen LogP contribution < -0.4 is 10.6 Å². The molecule has 0 saturated carbocycles. The van der Waals surface area contributed by atoms with Gasteiger partial charge in [-0.3, -0.25) is 10.1 Å². The van der Waals surface area contributed by atoms with Crippen LogP contribution in [0.4, 0.5) is 11.9 Å². The van der Waals surface area contributed by atoms with Gasteiger partial charge in [0.2, 0.25) is 11.9 Å². The monoisotopic (exact) mass is 395 g/mol. The Hall–Kier alpha value is -2.86. The van der Waals surface area contributed by atoms with E-state index in [0.717, 1.165) is 18.4 Å². The second kappa shape index (κ2) is 8.02. The molecule has 2 N–H and O–H groups in total. The van der Waals surface area contributed by atoms with E-state index < -0.39 is 0 Å². The lowest BCUT2D eigenvalue weighted by Crippen LogP contribution is -2.28. The molecule has 6 nitrogen and oxygen atoms in total. The fraction of sp³-hybridized carbons (Fsp3) is 0.286. The molecule has 2 heterocycles. The first kappa shape index (κ1) is 18.5. The largest absolute Gasteiger partial charge is 0.347 e. The summed E-state index contributed by atoms with van der Waals surface area (Å²) in [7, 11) is 0. The number of anilines is 2. The Morgan fingerprint density at radius 2 is 1.93 bits per heavy atom. The molecule has 1 aromatic heterocycles. The van der Waals surface area contributed by atoms with Gasteiger partial charge in [0.1, 0.15) is 0 Å². The highest BCUT2D eigenvalue weighted by Gasteiger charge is 2.31. The van der Waals surface area contributed by atoms with Crippen molar-refractivity contribution in [3.63, 3.8) is 0 Å². The van der Waals surface area contributed by atoms with Crippen molar-refractivity contribution in [1.29, 1.82) is 0 Å². The number of benzene rings is 2. The van der Waals surface area contributed by atoms with E-state index in [1.54, 1.807) is 0 Å². The molecule has 1 amide bonds. The number of fused-ring (bicyclic) bond motifs is 1. The lowest BCUT2D eigenvalue weighted by molar-refractivity contribution is -0.116. The van der Waals surface area contributed by atoms with Crippen molar-refractivity contribution in [2.24, 2.45) is 0 Å². The minimum absolute atomic E-state index is 0.0111. The lowest BCUT2D eigenvalue weighted by atomic mass is 9.93. The molecular weight excluding hydrogens is 374 g/mol. The average molecular weight is 396 g/mol. The van der Waals surface area contributed by atoms with Gasteiger partial charge in [0.15, 0.2) is 0 Å². The van der Waals surface area contributed by atoms with E-state index in [-0.39, 0.29) is 18.0 Å². The van der Waals surface area contributed by atoms with E-state index in [1.807, 2.05) is 54.1 Å². The van der Waals surface area contributed by atoms with E-state index in [4.69, 9.17) is 11.6 Å². The van der Waals surface area contributed by atoms with Crippen molar-refractivity contribution < 1.29 is 4.79 Å². The maximum absolute atomic E-state index is 12.0. The Balaban J connectivity index is 1.69. The number of nitrogens with zero attached hydrogens (tertiary/aromatic N) is 3. The van der Waals surface area contributed by atoms with Crippen molar-refractivity contribution in [3.8, 4) is 0 Å². The van der Waals surface area contributed by atoms with Crippen LogP contribution in [0.3, 0.4) is 0 Å². The maximum atomic E-state index is 12.0. The van der Waals surface area contributed by atoms with Gasteiger partial charge in [0.05, 0.1) is 12.1 Å². The molecule has 144 valence electrons. The molecule has 2 atom stereocenters. The average Bonchev–Trinajstić information content (AvgIpc) is 3.11. The molecule has 4 rings (SSSR count). The molecule has 1 aliphatic heterocycles. The van der Waals surface area contributed by atoms with Gasteiger partial charge in [0.25, 0.3) is 5.95 Å². The number of halogens is 1. The minimum atomic E-state index is -0.0758. The molecule has 3 aromatic rings. The second-order valence-electron chi connectivity index (χ2n) is 6.91. The van der Waals surface area contributed by atoms with E-state index in [0.29, 0.717) is 23.3 Å². The molecule has 0 spiro atoms. The molecular formula is C21H22ClN5O. The Labute approximate surface area is 168 Å². The minimum Gasteiger partial charge on any atom is -0.347 e. The summed E-state index contributed by atoms with van der Waals surface area (Å²) >= 11 is 6.07. The molecule has 0 saturated heterocycles. The Bertz CT molecular complexity index is 955. The zero-order chi connectivity index (χ0) is 19.5. The van der Waals surface area contributed by atoms with Crippen LogP contribution in [0.2, 0.25) is 5.02 Å². The number of hydrogen-bond donors (Lipinski definition) is 2. The van der Waals surface area contributed by atoms with Crippen LogP contribution in [0.25, 0.3) is 0 Å². The van der Waals surface area contributed by atoms with Crippen molar-refractivity contribution in [3.05, 3.63) is 70.7 Å². The van der Waals surface area contributed by atoms with Crippen molar-refractivity contribution in [2.75, 3.05) is 10.6 Å². The lowest BCUT2D eigenvalue weighted by Gasteiger charge is -2.31. The molecule has 0 fully saturated rings. The van der Waals surface area contributed by atoms with Crippen LogP contribution in [0, 0.1) is 0 Å². The van der Waals surface area contributed by atoms with Crippen molar-refractivity contribution in [1.82, 2.24) is 14.8 Å². The van der Waals surface area contributed by atoms with Crippen molar-refractivity contribution in [2.45, 2.75) is 38.3 Å².